The summed E-state index contributed by atoms with van der Waals surface area (Å²) >= 11 is 0. The maximum Gasteiger partial charge on any atom is 0.278 e. The van der Waals surface area contributed by atoms with Crippen molar-refractivity contribution in [2.75, 3.05) is 16.7 Å². The molecule has 13 heteroatoms. The number of carbonyl (C=O) groups excluding carboxylic acids is 2. The number of anilines is 2. The van der Waals surface area contributed by atoms with Crippen LogP contribution in [0.2, 0.25) is 0 Å². The number of sulfonamides is 1. The number of unbranched alkanes of at least 4 members (excludes halogenated alkanes) is 1. The molecule has 2 aliphatic rings. The maximum atomic E-state index is 13.9. The van der Waals surface area contributed by atoms with E-state index in [1.807, 2.05) is 12.1 Å². The minimum absolute atomic E-state index is 0.0136. The third-order valence-electron chi connectivity index (χ3n) is 9.40. The third kappa shape index (κ3) is 6.59. The molecule has 1 spiro atoms. The molecule has 3 heterocycles. The van der Waals surface area contributed by atoms with Gasteiger partial charge in [0.2, 0.25) is 5.88 Å². The van der Waals surface area contributed by atoms with E-state index in [-0.39, 0.29) is 28.9 Å². The summed E-state index contributed by atoms with van der Waals surface area (Å²) in [6.45, 7) is 7.62. The average Bonchev–Trinajstić information content (AvgIpc) is 3.77. The fourth-order valence-corrected chi connectivity index (χ4v) is 7.73. The number of aromatic nitrogens is 3. The molecular formula is C36H41N7O5S. The van der Waals surface area contributed by atoms with Crippen molar-refractivity contribution in [3.63, 3.8) is 0 Å². The largest absolute Gasteiger partial charge is 0.337 e. The SMILES string of the molecule is CCCCC1=NC2(CCCC2)C(=O)N1Cc1ccc(-c2ccccc2S(=O)(=O)Nc2onc(C)c2C)c(N(C)C(=O)c2cnc(C)cn2)c1. The first-order chi connectivity index (χ1) is 23.4. The number of aliphatic imine (C=N–C) groups is 1. The number of nitrogens with zero attached hydrogens (tertiary/aromatic N) is 6. The number of nitrogens with one attached hydrogen (secondary N) is 1. The molecule has 2 aromatic heterocycles. The summed E-state index contributed by atoms with van der Waals surface area (Å²) in [5, 5.41) is 3.87. The van der Waals surface area contributed by atoms with Crippen LogP contribution in [-0.2, 0) is 21.4 Å². The molecule has 4 aromatic rings. The van der Waals surface area contributed by atoms with Crippen LogP contribution in [0.15, 0.2) is 69.3 Å². The highest BCUT2D eigenvalue weighted by Crippen LogP contribution is 2.41. The summed E-state index contributed by atoms with van der Waals surface area (Å²) in [7, 11) is -2.55. The van der Waals surface area contributed by atoms with E-state index in [0.717, 1.165) is 49.9 Å². The molecule has 256 valence electrons. The number of aryl methyl sites for hydroxylation is 2. The van der Waals surface area contributed by atoms with Crippen molar-refractivity contribution in [1.29, 1.82) is 0 Å². The van der Waals surface area contributed by atoms with Gasteiger partial charge in [0, 0.05) is 36.4 Å². The Morgan fingerprint density at radius 2 is 1.80 bits per heavy atom. The minimum Gasteiger partial charge on any atom is -0.337 e. The predicted octanol–water partition coefficient (Wildman–Crippen LogP) is 6.38. The van der Waals surface area contributed by atoms with Crippen LogP contribution in [0, 0.1) is 20.8 Å². The van der Waals surface area contributed by atoms with Crippen molar-refractivity contribution in [1.82, 2.24) is 20.0 Å². The third-order valence-corrected chi connectivity index (χ3v) is 10.8. The lowest BCUT2D eigenvalue weighted by atomic mass is 9.97. The average molecular weight is 684 g/mol. The van der Waals surface area contributed by atoms with Gasteiger partial charge < -0.3 is 9.42 Å². The zero-order chi connectivity index (χ0) is 34.9. The lowest BCUT2D eigenvalue weighted by Gasteiger charge is -2.25. The quantitative estimate of drug-likeness (QED) is 0.191. The van der Waals surface area contributed by atoms with Crippen LogP contribution < -0.4 is 9.62 Å². The molecule has 0 atom stereocenters. The van der Waals surface area contributed by atoms with Gasteiger partial charge in [0.1, 0.15) is 17.1 Å². The Bertz CT molecular complexity index is 2030. The van der Waals surface area contributed by atoms with Gasteiger partial charge in [-0.15, -0.1) is 0 Å². The standard InChI is InChI=1S/C36H41N7O5S/c1-6-7-14-32-39-36(17-10-11-18-36)35(45)43(32)22-26-15-16-27(30(19-26)42(5)34(44)29-21-37-23(2)20-38-29)28-12-8-9-13-31(28)49(46,47)41-33-24(3)25(4)40-48-33/h8-9,12-13,15-16,19-21,41H,6-7,10-11,14,17-18,22H2,1-5H3. The highest BCUT2D eigenvalue weighted by Gasteiger charge is 2.49. The first-order valence-electron chi connectivity index (χ1n) is 16.6. The Labute approximate surface area is 286 Å². The Morgan fingerprint density at radius 1 is 1.04 bits per heavy atom. The summed E-state index contributed by atoms with van der Waals surface area (Å²) in [6, 6.07) is 12.1. The molecule has 12 nitrogen and oxygen atoms in total. The molecule has 0 unspecified atom stereocenters. The van der Waals surface area contributed by atoms with E-state index >= 15 is 0 Å². The van der Waals surface area contributed by atoms with Crippen LogP contribution in [0.5, 0.6) is 0 Å². The Balaban J connectivity index is 1.43. The van der Waals surface area contributed by atoms with Gasteiger partial charge in [-0.1, -0.05) is 61.7 Å². The summed E-state index contributed by atoms with van der Waals surface area (Å²) in [5.41, 5.74) is 3.34. The monoisotopic (exact) mass is 683 g/mol. The van der Waals surface area contributed by atoms with Gasteiger partial charge in [0.15, 0.2) is 0 Å². The molecular weight excluding hydrogens is 643 g/mol. The van der Waals surface area contributed by atoms with Crippen molar-refractivity contribution >= 4 is 39.2 Å². The van der Waals surface area contributed by atoms with Crippen molar-refractivity contribution in [3.05, 3.63) is 83.1 Å². The van der Waals surface area contributed by atoms with Crippen LogP contribution in [0.4, 0.5) is 11.6 Å². The first kappa shape index (κ1) is 34.0. The van der Waals surface area contributed by atoms with E-state index in [4.69, 9.17) is 9.52 Å². The molecule has 0 bridgehead atoms. The van der Waals surface area contributed by atoms with E-state index in [1.54, 1.807) is 57.0 Å². The number of hydrogen-bond acceptors (Lipinski definition) is 9. The first-order valence-corrected chi connectivity index (χ1v) is 18.1. The predicted molar refractivity (Wildman–Crippen MR) is 187 cm³/mol. The van der Waals surface area contributed by atoms with Crippen molar-refractivity contribution in [3.8, 4) is 11.1 Å². The molecule has 0 radical (unpaired) electrons. The van der Waals surface area contributed by atoms with Crippen molar-refractivity contribution < 1.29 is 22.5 Å². The fraction of sp³-hybridized carbons (Fsp3) is 0.389. The second kappa shape index (κ2) is 13.5. The van der Waals surface area contributed by atoms with Gasteiger partial charge >= 0.3 is 0 Å². The van der Waals surface area contributed by atoms with Gasteiger partial charge in [-0.3, -0.25) is 24.5 Å². The van der Waals surface area contributed by atoms with Crippen LogP contribution in [0.1, 0.15) is 84.9 Å². The molecule has 1 fully saturated rings. The molecule has 1 aliphatic carbocycles. The van der Waals surface area contributed by atoms with Gasteiger partial charge in [-0.2, -0.15) is 0 Å². The van der Waals surface area contributed by atoms with Crippen LogP contribution in [-0.4, -0.2) is 58.7 Å². The highest BCUT2D eigenvalue weighted by molar-refractivity contribution is 7.92. The van der Waals surface area contributed by atoms with Crippen LogP contribution in [0.3, 0.4) is 0 Å². The molecule has 1 saturated carbocycles. The topological polar surface area (TPSA) is 151 Å². The molecule has 0 saturated heterocycles. The lowest BCUT2D eigenvalue weighted by Crippen LogP contribution is -2.40. The lowest BCUT2D eigenvalue weighted by molar-refractivity contribution is -0.131. The number of hydrogen-bond donors (Lipinski definition) is 1. The zero-order valence-electron chi connectivity index (χ0n) is 28.5. The highest BCUT2D eigenvalue weighted by atomic mass is 32.2. The van der Waals surface area contributed by atoms with Gasteiger partial charge in [0.25, 0.3) is 21.8 Å². The minimum atomic E-state index is -4.16. The molecule has 2 amide bonds. The molecule has 2 aromatic carbocycles. The maximum absolute atomic E-state index is 13.9. The Morgan fingerprint density at radius 3 is 2.47 bits per heavy atom. The summed E-state index contributed by atoms with van der Waals surface area (Å²) in [6.07, 6.45) is 9.01. The van der Waals surface area contributed by atoms with E-state index < -0.39 is 21.5 Å². The second-order valence-electron chi connectivity index (χ2n) is 12.8. The number of amidine groups is 1. The number of amides is 2. The van der Waals surface area contributed by atoms with Crippen LogP contribution >= 0.6 is 0 Å². The molecule has 6 rings (SSSR count). The normalized spacial score (nSPS) is 15.6. The second-order valence-corrected chi connectivity index (χ2v) is 14.5. The van der Waals surface area contributed by atoms with Gasteiger partial charge in [-0.05, 0) is 57.7 Å². The number of benzene rings is 2. The zero-order valence-corrected chi connectivity index (χ0v) is 29.3. The molecule has 1 N–H and O–H groups in total. The van der Waals surface area contributed by atoms with Crippen LogP contribution in [0.25, 0.3) is 11.1 Å². The smallest absolute Gasteiger partial charge is 0.278 e. The fourth-order valence-electron chi connectivity index (χ4n) is 6.46. The van der Waals surface area contributed by atoms with Gasteiger partial charge in [0.05, 0.1) is 34.7 Å². The van der Waals surface area contributed by atoms with Gasteiger partial charge in [-0.25, -0.2) is 18.1 Å². The molecule has 49 heavy (non-hydrogen) atoms. The van der Waals surface area contributed by atoms with E-state index in [0.29, 0.717) is 40.2 Å². The summed E-state index contributed by atoms with van der Waals surface area (Å²) in [5.74, 6) is 0.439. The van der Waals surface area contributed by atoms with E-state index in [2.05, 4.69) is 26.8 Å². The summed E-state index contributed by atoms with van der Waals surface area (Å²) < 4.78 is 35.5. The van der Waals surface area contributed by atoms with Crippen molar-refractivity contribution in [2.45, 2.75) is 89.6 Å². The Kier molecular flexibility index (Phi) is 9.39. The Hall–Kier alpha value is -4.91. The van der Waals surface area contributed by atoms with E-state index in [9.17, 15) is 18.0 Å². The summed E-state index contributed by atoms with van der Waals surface area (Å²) in [4.78, 5) is 44.5. The number of carbonyl (C=O) groups is 2. The van der Waals surface area contributed by atoms with Crippen molar-refractivity contribution in [2.24, 2.45) is 4.99 Å². The molecule has 1 aliphatic heterocycles. The number of rotatable bonds is 11. The van der Waals surface area contributed by atoms with E-state index in [1.165, 1.54) is 23.4 Å².